The molecule has 0 aromatic heterocycles. The first-order chi connectivity index (χ1) is 18.3. The molecule has 1 saturated carbocycles. The highest BCUT2D eigenvalue weighted by Gasteiger charge is 2.40. The maximum atomic E-state index is 6.91. The predicted molar refractivity (Wildman–Crippen MR) is 158 cm³/mol. The molecule has 37 heavy (non-hydrogen) atoms. The largest absolute Gasteiger partial charge is 0.115 e. The van der Waals surface area contributed by atoms with E-state index in [1.165, 1.54) is 68.1 Å². The standard InChI is InChI=1S/C36H25B/c37-36-31-14-7-6-13-29(31)35(30-18-17-23(21-33(30)36)22-9-2-1-3-10-22)32-16-8-15-28-26-20-19-25(26)24-11-4-5-12-27(24)34(28)32/h1-18,21,25-26H,19-20H2. The van der Waals surface area contributed by atoms with Crippen LogP contribution in [0.1, 0.15) is 35.8 Å². The minimum absolute atomic E-state index is 0.626. The van der Waals surface area contributed by atoms with E-state index in [0.29, 0.717) is 11.8 Å². The summed E-state index contributed by atoms with van der Waals surface area (Å²) < 4.78 is 0. The van der Waals surface area contributed by atoms with Gasteiger partial charge in [0.15, 0.2) is 0 Å². The van der Waals surface area contributed by atoms with Crippen LogP contribution in [0.25, 0.3) is 54.9 Å². The Morgan fingerprint density at radius 3 is 1.95 bits per heavy atom. The number of hydrogen-bond donors (Lipinski definition) is 0. The summed E-state index contributed by atoms with van der Waals surface area (Å²) in [6.07, 6.45) is 2.57. The molecule has 6 aromatic carbocycles. The first kappa shape index (κ1) is 21.0. The van der Waals surface area contributed by atoms with E-state index < -0.39 is 0 Å². The van der Waals surface area contributed by atoms with Crippen molar-refractivity contribution in [2.75, 3.05) is 0 Å². The second kappa shape index (κ2) is 7.95. The van der Waals surface area contributed by atoms with Gasteiger partial charge in [0.2, 0.25) is 0 Å². The van der Waals surface area contributed by atoms with E-state index >= 15 is 0 Å². The molecule has 0 saturated heterocycles. The van der Waals surface area contributed by atoms with Gasteiger partial charge in [-0.2, -0.15) is 0 Å². The topological polar surface area (TPSA) is 0 Å². The third-order valence-corrected chi connectivity index (χ3v) is 8.84. The third kappa shape index (κ3) is 2.98. The molecule has 0 spiro atoms. The Kier molecular flexibility index (Phi) is 4.52. The van der Waals surface area contributed by atoms with Gasteiger partial charge >= 0.3 is 0 Å². The summed E-state index contributed by atoms with van der Waals surface area (Å²) >= 11 is 0. The van der Waals surface area contributed by atoms with Crippen LogP contribution in [-0.4, -0.2) is 7.85 Å². The van der Waals surface area contributed by atoms with Crippen LogP contribution >= 0.6 is 0 Å². The van der Waals surface area contributed by atoms with Crippen molar-refractivity contribution in [3.8, 4) is 33.4 Å². The Labute approximate surface area is 219 Å². The molecule has 0 bridgehead atoms. The van der Waals surface area contributed by atoms with Gasteiger partial charge in [-0.15, -0.1) is 0 Å². The molecule has 0 amide bonds. The fourth-order valence-electron chi connectivity index (χ4n) is 6.99. The fourth-order valence-corrected chi connectivity index (χ4v) is 6.99. The Balaban J connectivity index is 1.49. The summed E-state index contributed by atoms with van der Waals surface area (Å²) in [6, 6.07) is 42.1. The second-order valence-corrected chi connectivity index (χ2v) is 10.6. The van der Waals surface area contributed by atoms with Gasteiger partial charge in [-0.1, -0.05) is 115 Å². The maximum Gasteiger partial charge on any atom is 0.115 e. The first-order valence-electron chi connectivity index (χ1n) is 13.3. The van der Waals surface area contributed by atoms with E-state index in [1.807, 2.05) is 0 Å². The molecule has 0 nitrogen and oxygen atoms in total. The normalized spacial score (nSPS) is 17.6. The van der Waals surface area contributed by atoms with Gasteiger partial charge < -0.3 is 0 Å². The molecule has 1 heteroatoms. The SMILES string of the molecule is [B]c1c2ccccc2c(-c2cccc3c2-c2ccccc2C2CCC32)c2ccc(-c3ccccc3)cc12. The molecule has 172 valence electrons. The minimum atomic E-state index is 0.626. The van der Waals surface area contributed by atoms with E-state index in [1.54, 1.807) is 0 Å². The van der Waals surface area contributed by atoms with Crippen LogP contribution in [0, 0.1) is 0 Å². The lowest BCUT2D eigenvalue weighted by molar-refractivity contribution is 0.343. The fraction of sp³-hybridized carbons (Fsp3) is 0.111. The van der Waals surface area contributed by atoms with Crippen molar-refractivity contribution in [3.63, 3.8) is 0 Å². The zero-order valence-corrected chi connectivity index (χ0v) is 20.6. The first-order valence-corrected chi connectivity index (χ1v) is 13.3. The molecule has 1 fully saturated rings. The number of benzene rings is 6. The van der Waals surface area contributed by atoms with Crippen molar-refractivity contribution in [3.05, 3.63) is 126 Å². The van der Waals surface area contributed by atoms with E-state index in [0.717, 1.165) is 16.2 Å². The van der Waals surface area contributed by atoms with Crippen LogP contribution in [0.4, 0.5) is 0 Å². The van der Waals surface area contributed by atoms with E-state index in [4.69, 9.17) is 7.85 Å². The number of rotatable bonds is 2. The Morgan fingerprint density at radius 1 is 0.459 bits per heavy atom. The average Bonchev–Trinajstić information content (AvgIpc) is 2.93. The molecule has 0 N–H and O–H groups in total. The number of fused-ring (bicyclic) bond motifs is 8. The molecular weight excluding hydrogens is 443 g/mol. The highest BCUT2D eigenvalue weighted by atomic mass is 14.4. The Bertz CT molecular complexity index is 1850. The monoisotopic (exact) mass is 468 g/mol. The predicted octanol–water partition coefficient (Wildman–Crippen LogP) is 8.76. The summed E-state index contributed by atoms with van der Waals surface area (Å²) in [5.74, 6) is 1.29. The van der Waals surface area contributed by atoms with Gasteiger partial charge in [0.25, 0.3) is 0 Å². The van der Waals surface area contributed by atoms with Gasteiger partial charge in [0, 0.05) is 0 Å². The van der Waals surface area contributed by atoms with Crippen LogP contribution < -0.4 is 5.46 Å². The van der Waals surface area contributed by atoms with Crippen molar-refractivity contribution in [1.29, 1.82) is 0 Å². The summed E-state index contributed by atoms with van der Waals surface area (Å²) in [5.41, 5.74) is 11.7. The summed E-state index contributed by atoms with van der Waals surface area (Å²) in [4.78, 5) is 0. The highest BCUT2D eigenvalue weighted by Crippen LogP contribution is 2.59. The maximum absolute atomic E-state index is 6.91. The van der Waals surface area contributed by atoms with Crippen molar-refractivity contribution < 1.29 is 0 Å². The van der Waals surface area contributed by atoms with E-state index in [9.17, 15) is 0 Å². The summed E-state index contributed by atoms with van der Waals surface area (Å²) in [6.45, 7) is 0. The molecule has 0 aliphatic heterocycles. The molecule has 2 aliphatic carbocycles. The highest BCUT2D eigenvalue weighted by molar-refractivity contribution is 6.47. The average molecular weight is 468 g/mol. The van der Waals surface area contributed by atoms with Gasteiger partial charge in [-0.3, -0.25) is 0 Å². The minimum Gasteiger partial charge on any atom is -0.0812 e. The molecule has 6 aromatic rings. The van der Waals surface area contributed by atoms with Crippen molar-refractivity contribution >= 4 is 34.9 Å². The van der Waals surface area contributed by atoms with Crippen molar-refractivity contribution in [1.82, 2.24) is 0 Å². The van der Waals surface area contributed by atoms with Crippen LogP contribution in [0.2, 0.25) is 0 Å². The van der Waals surface area contributed by atoms with Crippen molar-refractivity contribution in [2.45, 2.75) is 24.7 Å². The van der Waals surface area contributed by atoms with Crippen LogP contribution in [0.15, 0.2) is 115 Å². The zero-order chi connectivity index (χ0) is 24.5. The van der Waals surface area contributed by atoms with E-state index in [2.05, 4.69) is 115 Å². The van der Waals surface area contributed by atoms with Gasteiger partial charge in [0.1, 0.15) is 7.85 Å². The number of hydrogen-bond acceptors (Lipinski definition) is 0. The van der Waals surface area contributed by atoms with Gasteiger partial charge in [-0.25, -0.2) is 0 Å². The van der Waals surface area contributed by atoms with Crippen LogP contribution in [-0.2, 0) is 0 Å². The van der Waals surface area contributed by atoms with Crippen LogP contribution in [0.5, 0.6) is 0 Å². The van der Waals surface area contributed by atoms with Gasteiger partial charge in [0.05, 0.1) is 0 Å². The molecule has 2 aliphatic rings. The smallest absolute Gasteiger partial charge is 0.0812 e. The zero-order valence-electron chi connectivity index (χ0n) is 20.6. The third-order valence-electron chi connectivity index (χ3n) is 8.84. The Hall–Kier alpha value is -4.10. The molecular formula is C36H25B. The van der Waals surface area contributed by atoms with Crippen molar-refractivity contribution in [2.24, 2.45) is 0 Å². The summed E-state index contributed by atoms with van der Waals surface area (Å²) in [5, 5.41) is 4.69. The molecule has 2 atom stereocenters. The molecule has 2 radical (unpaired) electrons. The van der Waals surface area contributed by atoms with Gasteiger partial charge in [-0.05, 0) is 96.8 Å². The quantitative estimate of drug-likeness (QED) is 0.176. The molecule has 2 unspecified atom stereocenters. The lowest BCUT2D eigenvalue weighted by atomic mass is 9.60. The summed E-state index contributed by atoms with van der Waals surface area (Å²) in [7, 11) is 6.91. The molecule has 0 heterocycles. The lowest BCUT2D eigenvalue weighted by Crippen LogP contribution is -2.26. The Morgan fingerprint density at radius 2 is 1.11 bits per heavy atom. The second-order valence-electron chi connectivity index (χ2n) is 10.6. The lowest BCUT2D eigenvalue weighted by Gasteiger charge is -2.44. The molecule has 8 rings (SSSR count). The van der Waals surface area contributed by atoms with E-state index in [-0.39, 0.29) is 0 Å². The van der Waals surface area contributed by atoms with Crippen LogP contribution in [0.3, 0.4) is 0 Å².